The van der Waals surface area contributed by atoms with Crippen molar-refractivity contribution in [3.8, 4) is 0 Å². The van der Waals surface area contributed by atoms with Gasteiger partial charge in [0.25, 0.3) is 0 Å². The zero-order chi connectivity index (χ0) is 9.52. The van der Waals surface area contributed by atoms with E-state index in [1.807, 2.05) is 12.3 Å². The van der Waals surface area contributed by atoms with E-state index < -0.39 is 0 Å². The Kier molecular flexibility index (Phi) is 4.79. The monoisotopic (exact) mass is 198 g/mol. The fraction of sp³-hybridized carbons (Fsp3) is 0.500. The standard InChI is InChI=1S/C10H15ClN2/c1-9(5-11)6-13-8-10-3-2-4-12-7-10/h2-4,7,9,13H,5-6,8H2,1H3. The molecule has 1 rings (SSSR count). The highest BCUT2D eigenvalue weighted by Gasteiger charge is 1.98. The highest BCUT2D eigenvalue weighted by molar-refractivity contribution is 6.18. The zero-order valence-corrected chi connectivity index (χ0v) is 8.59. The predicted octanol–water partition coefficient (Wildman–Crippen LogP) is 2.05. The second-order valence-corrected chi connectivity index (χ2v) is 3.56. The highest BCUT2D eigenvalue weighted by atomic mass is 35.5. The van der Waals surface area contributed by atoms with Gasteiger partial charge < -0.3 is 5.32 Å². The van der Waals surface area contributed by atoms with Crippen LogP contribution in [0.15, 0.2) is 24.5 Å². The molecule has 0 aromatic carbocycles. The van der Waals surface area contributed by atoms with Crippen LogP contribution in [0.25, 0.3) is 0 Å². The van der Waals surface area contributed by atoms with E-state index in [4.69, 9.17) is 11.6 Å². The van der Waals surface area contributed by atoms with Crippen LogP contribution in [0, 0.1) is 5.92 Å². The summed E-state index contributed by atoms with van der Waals surface area (Å²) in [7, 11) is 0. The Bertz CT molecular complexity index is 226. The lowest BCUT2D eigenvalue weighted by molar-refractivity contribution is 0.556. The van der Waals surface area contributed by atoms with Crippen LogP contribution in [0.4, 0.5) is 0 Å². The Morgan fingerprint density at radius 2 is 2.46 bits per heavy atom. The number of hydrogen-bond donors (Lipinski definition) is 1. The maximum atomic E-state index is 5.68. The molecule has 0 saturated heterocycles. The molecule has 0 bridgehead atoms. The van der Waals surface area contributed by atoms with Crippen molar-refractivity contribution in [3.63, 3.8) is 0 Å². The van der Waals surface area contributed by atoms with Crippen LogP contribution < -0.4 is 5.32 Å². The second kappa shape index (κ2) is 5.95. The molecule has 0 fully saturated rings. The van der Waals surface area contributed by atoms with Gasteiger partial charge in [0, 0.05) is 24.8 Å². The third-order valence-electron chi connectivity index (χ3n) is 1.81. The average molecular weight is 199 g/mol. The van der Waals surface area contributed by atoms with Gasteiger partial charge in [0.1, 0.15) is 0 Å². The Labute approximate surface area is 84.3 Å². The van der Waals surface area contributed by atoms with Gasteiger partial charge in [0.15, 0.2) is 0 Å². The average Bonchev–Trinajstić information content (AvgIpc) is 2.19. The number of alkyl halides is 1. The van der Waals surface area contributed by atoms with Crippen LogP contribution in [-0.2, 0) is 6.54 Å². The summed E-state index contributed by atoms with van der Waals surface area (Å²) in [5, 5.41) is 3.33. The Hall–Kier alpha value is -0.600. The van der Waals surface area contributed by atoms with Crippen LogP contribution in [0.5, 0.6) is 0 Å². The summed E-state index contributed by atoms with van der Waals surface area (Å²) in [5.41, 5.74) is 1.21. The number of nitrogens with zero attached hydrogens (tertiary/aromatic N) is 1. The van der Waals surface area contributed by atoms with Crippen molar-refractivity contribution in [2.24, 2.45) is 5.92 Å². The minimum atomic E-state index is 0.526. The number of halogens is 1. The summed E-state index contributed by atoms with van der Waals surface area (Å²) in [6.45, 7) is 3.96. The fourth-order valence-corrected chi connectivity index (χ4v) is 1.13. The van der Waals surface area contributed by atoms with Crippen molar-refractivity contribution in [3.05, 3.63) is 30.1 Å². The van der Waals surface area contributed by atoms with Crippen LogP contribution in [-0.4, -0.2) is 17.4 Å². The molecular formula is C10H15ClN2. The van der Waals surface area contributed by atoms with Gasteiger partial charge in [-0.15, -0.1) is 11.6 Å². The Morgan fingerprint density at radius 3 is 3.08 bits per heavy atom. The van der Waals surface area contributed by atoms with Crippen LogP contribution in [0.1, 0.15) is 12.5 Å². The van der Waals surface area contributed by atoms with E-state index in [1.54, 1.807) is 6.20 Å². The molecule has 1 atom stereocenters. The van der Waals surface area contributed by atoms with E-state index in [0.29, 0.717) is 11.8 Å². The van der Waals surface area contributed by atoms with Crippen molar-refractivity contribution in [1.82, 2.24) is 10.3 Å². The summed E-state index contributed by atoms with van der Waals surface area (Å²) >= 11 is 5.68. The fourth-order valence-electron chi connectivity index (χ4n) is 1.02. The summed E-state index contributed by atoms with van der Waals surface area (Å²) in [6.07, 6.45) is 3.66. The van der Waals surface area contributed by atoms with E-state index in [2.05, 4.69) is 23.3 Å². The number of rotatable bonds is 5. The lowest BCUT2D eigenvalue weighted by Gasteiger charge is -2.08. The van der Waals surface area contributed by atoms with Crippen molar-refractivity contribution >= 4 is 11.6 Å². The van der Waals surface area contributed by atoms with Gasteiger partial charge in [-0.25, -0.2) is 0 Å². The first-order valence-corrected chi connectivity index (χ1v) is 5.02. The van der Waals surface area contributed by atoms with Crippen LogP contribution in [0.3, 0.4) is 0 Å². The van der Waals surface area contributed by atoms with E-state index in [-0.39, 0.29) is 0 Å². The summed E-state index contributed by atoms with van der Waals surface area (Å²) in [5.74, 6) is 1.23. The molecule has 3 heteroatoms. The molecule has 0 aliphatic carbocycles. The minimum absolute atomic E-state index is 0.526. The number of nitrogens with one attached hydrogen (secondary N) is 1. The molecule has 0 aliphatic heterocycles. The summed E-state index contributed by atoms with van der Waals surface area (Å²) in [6, 6.07) is 4.01. The molecular weight excluding hydrogens is 184 g/mol. The molecule has 1 N–H and O–H groups in total. The maximum Gasteiger partial charge on any atom is 0.0312 e. The third kappa shape index (κ3) is 4.25. The van der Waals surface area contributed by atoms with E-state index in [9.17, 15) is 0 Å². The first-order valence-electron chi connectivity index (χ1n) is 4.48. The van der Waals surface area contributed by atoms with E-state index >= 15 is 0 Å². The van der Waals surface area contributed by atoms with Gasteiger partial charge in [0.2, 0.25) is 0 Å². The van der Waals surface area contributed by atoms with Crippen molar-refractivity contribution in [2.45, 2.75) is 13.5 Å². The molecule has 0 amide bonds. The molecule has 0 aliphatic rings. The SMILES string of the molecule is CC(CCl)CNCc1cccnc1. The van der Waals surface area contributed by atoms with Gasteiger partial charge >= 0.3 is 0 Å². The Balaban J connectivity index is 2.20. The van der Waals surface area contributed by atoms with Crippen LogP contribution in [0.2, 0.25) is 0 Å². The predicted molar refractivity (Wildman–Crippen MR) is 55.8 cm³/mol. The summed E-state index contributed by atoms with van der Waals surface area (Å²) < 4.78 is 0. The molecule has 0 saturated carbocycles. The van der Waals surface area contributed by atoms with Gasteiger partial charge in [0.05, 0.1) is 0 Å². The first-order chi connectivity index (χ1) is 6.33. The lowest BCUT2D eigenvalue weighted by Crippen LogP contribution is -2.21. The number of aromatic nitrogens is 1. The molecule has 2 nitrogen and oxygen atoms in total. The minimum Gasteiger partial charge on any atom is -0.312 e. The Morgan fingerprint density at radius 1 is 1.62 bits per heavy atom. The molecule has 1 unspecified atom stereocenters. The van der Waals surface area contributed by atoms with Gasteiger partial charge in [-0.3, -0.25) is 4.98 Å². The third-order valence-corrected chi connectivity index (χ3v) is 2.33. The smallest absolute Gasteiger partial charge is 0.0312 e. The normalized spacial score (nSPS) is 12.8. The van der Waals surface area contributed by atoms with E-state index in [1.165, 1.54) is 5.56 Å². The van der Waals surface area contributed by atoms with E-state index in [0.717, 1.165) is 13.1 Å². The second-order valence-electron chi connectivity index (χ2n) is 3.25. The summed E-state index contributed by atoms with van der Waals surface area (Å²) in [4.78, 5) is 4.04. The number of pyridine rings is 1. The number of hydrogen-bond acceptors (Lipinski definition) is 2. The molecule has 13 heavy (non-hydrogen) atoms. The molecule has 1 aromatic rings. The topological polar surface area (TPSA) is 24.9 Å². The van der Waals surface area contributed by atoms with Crippen molar-refractivity contribution < 1.29 is 0 Å². The maximum absolute atomic E-state index is 5.68. The largest absolute Gasteiger partial charge is 0.312 e. The van der Waals surface area contributed by atoms with Crippen molar-refractivity contribution in [2.75, 3.05) is 12.4 Å². The molecule has 0 radical (unpaired) electrons. The molecule has 0 spiro atoms. The quantitative estimate of drug-likeness (QED) is 0.733. The van der Waals surface area contributed by atoms with Gasteiger partial charge in [-0.2, -0.15) is 0 Å². The first kappa shape index (κ1) is 10.5. The molecule has 1 heterocycles. The zero-order valence-electron chi connectivity index (χ0n) is 7.83. The van der Waals surface area contributed by atoms with Gasteiger partial charge in [-0.05, 0) is 24.1 Å². The van der Waals surface area contributed by atoms with Gasteiger partial charge in [-0.1, -0.05) is 13.0 Å². The van der Waals surface area contributed by atoms with Crippen LogP contribution >= 0.6 is 11.6 Å². The molecule has 72 valence electrons. The highest BCUT2D eigenvalue weighted by Crippen LogP contribution is 1.98. The lowest BCUT2D eigenvalue weighted by atomic mass is 10.2. The van der Waals surface area contributed by atoms with Crippen molar-refractivity contribution in [1.29, 1.82) is 0 Å². The molecule has 1 aromatic heterocycles.